The average Bonchev–Trinajstić information content (AvgIpc) is 3.98. The monoisotopic (exact) mass is 1170 g/mol. The van der Waals surface area contributed by atoms with Gasteiger partial charge in [-0.2, -0.15) is 15.3 Å². The zero-order valence-electron chi connectivity index (χ0n) is 48.1. The maximum atomic E-state index is 13.2. The Bertz CT molecular complexity index is 4560. The van der Waals surface area contributed by atoms with Crippen molar-refractivity contribution in [2.24, 2.45) is 20.5 Å². The van der Waals surface area contributed by atoms with Crippen LogP contribution in [0.25, 0.3) is 43.8 Å². The minimum atomic E-state index is -0.409. The molecule has 1 aliphatic rings. The van der Waals surface area contributed by atoms with E-state index in [-0.39, 0.29) is 35.1 Å². The molecule has 0 unspecified atom stereocenters. The van der Waals surface area contributed by atoms with Crippen LogP contribution in [-0.4, -0.2) is 29.0 Å². The Labute approximate surface area is 514 Å². The number of hydrogen-bond acceptors (Lipinski definition) is 11. The summed E-state index contributed by atoms with van der Waals surface area (Å²) >= 11 is 6.18. The number of fused-ring (bicyclic) bond motifs is 5. The number of carbonyl (C=O) groups is 2. The van der Waals surface area contributed by atoms with Crippen LogP contribution < -0.4 is 15.7 Å². The van der Waals surface area contributed by atoms with Gasteiger partial charge in [0.25, 0.3) is 5.91 Å². The summed E-state index contributed by atoms with van der Waals surface area (Å²) in [6, 6.07) is 83.3. The largest absolute Gasteiger partial charge is 0.505 e. The van der Waals surface area contributed by atoms with Crippen LogP contribution >= 0.6 is 11.6 Å². The minimum absolute atomic E-state index is 0.0192. The van der Waals surface area contributed by atoms with Gasteiger partial charge in [0.1, 0.15) is 23.7 Å². The predicted molar refractivity (Wildman–Crippen MR) is 354 cm³/mol. The van der Waals surface area contributed by atoms with Crippen molar-refractivity contribution in [3.05, 3.63) is 299 Å². The molecule has 1 amide bonds. The fraction of sp³-hybridized carbons (Fsp3) is 0.0667. The van der Waals surface area contributed by atoms with Crippen molar-refractivity contribution in [2.75, 3.05) is 22.7 Å². The van der Waals surface area contributed by atoms with Crippen LogP contribution in [0.2, 0.25) is 5.02 Å². The Morgan fingerprint density at radius 1 is 0.523 bits per heavy atom. The van der Waals surface area contributed by atoms with Gasteiger partial charge in [-0.05, 0) is 155 Å². The molecule has 0 bridgehead atoms. The molecule has 12 aromatic rings. The van der Waals surface area contributed by atoms with E-state index in [4.69, 9.17) is 16.4 Å². The Balaban J connectivity index is 0.000000178. The zero-order chi connectivity index (χ0) is 60.5. The molecule has 0 heterocycles. The van der Waals surface area contributed by atoms with E-state index in [1.54, 1.807) is 24.3 Å². The second-order valence-corrected chi connectivity index (χ2v) is 21.6. The van der Waals surface area contributed by atoms with E-state index in [0.29, 0.717) is 44.5 Å². The van der Waals surface area contributed by atoms with E-state index < -0.39 is 5.91 Å². The Kier molecular flexibility index (Phi) is 17.0. The number of azo groups is 2. The number of benzene rings is 12. The van der Waals surface area contributed by atoms with Crippen LogP contribution in [0.3, 0.4) is 0 Å². The summed E-state index contributed by atoms with van der Waals surface area (Å²) < 4.78 is 0. The summed E-state index contributed by atoms with van der Waals surface area (Å²) in [5.41, 5.74) is 18.2. The molecule has 1 aliphatic carbocycles. The summed E-state index contributed by atoms with van der Waals surface area (Å²) in [5.74, 6) is -0.653. The van der Waals surface area contributed by atoms with Crippen molar-refractivity contribution < 1.29 is 24.6 Å². The van der Waals surface area contributed by atoms with Crippen LogP contribution in [0, 0.1) is 6.92 Å². The van der Waals surface area contributed by atoms with Crippen LogP contribution in [0.1, 0.15) is 48.5 Å². The third-order valence-corrected chi connectivity index (χ3v) is 15.7. The molecule has 0 saturated heterocycles. The molecule has 13 rings (SSSR count). The van der Waals surface area contributed by atoms with Gasteiger partial charge in [-0.3, -0.25) is 19.9 Å². The predicted octanol–water partition coefficient (Wildman–Crippen LogP) is 20.1. The third kappa shape index (κ3) is 12.5. The van der Waals surface area contributed by atoms with Crippen LogP contribution in [0.15, 0.2) is 275 Å². The molecule has 0 fully saturated rings. The number of halogens is 1. The highest BCUT2D eigenvalue weighted by Crippen LogP contribution is 2.43. The lowest BCUT2D eigenvalue weighted by Crippen LogP contribution is -2.12. The summed E-state index contributed by atoms with van der Waals surface area (Å²) in [5, 5.41) is 45.3. The molecule has 12 aromatic carbocycles. The van der Waals surface area contributed by atoms with Gasteiger partial charge in [-0.25, -0.2) is 0 Å². The van der Waals surface area contributed by atoms with Crippen molar-refractivity contribution in [3.63, 3.8) is 0 Å². The van der Waals surface area contributed by atoms with E-state index in [9.17, 15) is 19.8 Å². The van der Waals surface area contributed by atoms with Gasteiger partial charge >= 0.3 is 0 Å². The molecule has 13 heteroatoms. The lowest BCUT2D eigenvalue weighted by atomic mass is 10.00. The van der Waals surface area contributed by atoms with E-state index in [2.05, 4.69) is 133 Å². The maximum absolute atomic E-state index is 13.2. The number of hydrogen-bond donors (Lipinski definition) is 4. The fourth-order valence-electron chi connectivity index (χ4n) is 10.9. The molecular weight excluding hydrogens is 1110 g/mol. The Hall–Kier alpha value is -11.1. The van der Waals surface area contributed by atoms with Gasteiger partial charge < -0.3 is 20.4 Å². The first-order valence-electron chi connectivity index (χ1n) is 28.7. The number of amides is 1. The van der Waals surface area contributed by atoms with E-state index >= 15 is 0 Å². The van der Waals surface area contributed by atoms with Crippen LogP contribution in [0.5, 0.6) is 11.5 Å². The normalized spacial score (nSPS) is 11.6. The van der Waals surface area contributed by atoms with Crippen molar-refractivity contribution in [1.82, 2.24) is 0 Å². The van der Waals surface area contributed by atoms with E-state index in [0.717, 1.165) is 68.1 Å². The number of rotatable bonds is 16. The quantitative estimate of drug-likeness (QED) is 0.0553. The standard InChI is InChI=1S/C44H36N4O2.C31H22ClN3O3/c1-45-47-42-40-15-9-8-10-35(40)30-41(43(42)49)44(50)46-36-26-20-32(21-27-36)17-16-31-18-22-33(23-19-31)34-24-28-39(29-25-34)48(37-11-4-2-5-12-37)38-13-6-3-7-14-38;1-18-10-12-23-24-13-11-21(16-26(24)31(37)25(23)14-18)33-34-29-22-7-3-2-6-19(22)15-20(30(29)36)17-38-35-28-9-5-4-8-27(28)32/h2-15,18-30,49H,16-17H2,1H3,(H,46,50);2-16,35-36H,17H2,1H3. The van der Waals surface area contributed by atoms with Gasteiger partial charge in [0, 0.05) is 57.3 Å². The van der Waals surface area contributed by atoms with E-state index in [1.807, 2.05) is 140 Å². The molecular formula is C75H58ClN7O5. The minimum Gasteiger partial charge on any atom is -0.505 e. The second-order valence-electron chi connectivity index (χ2n) is 21.2. The zero-order valence-corrected chi connectivity index (χ0v) is 48.9. The number of aromatic hydroxyl groups is 2. The molecule has 0 radical (unpaired) electrons. The van der Waals surface area contributed by atoms with E-state index in [1.165, 1.54) is 29.3 Å². The number of phenols is 2. The number of aryl methyl sites for hydroxylation is 3. The molecule has 4 N–H and O–H groups in total. The second kappa shape index (κ2) is 26.1. The summed E-state index contributed by atoms with van der Waals surface area (Å²) in [6.07, 6.45) is 1.77. The summed E-state index contributed by atoms with van der Waals surface area (Å²) in [6.45, 7) is 2.04. The highest BCUT2D eigenvalue weighted by molar-refractivity contribution is 6.33. The van der Waals surface area contributed by atoms with Gasteiger partial charge in [-0.15, -0.1) is 5.11 Å². The number of ketones is 1. The van der Waals surface area contributed by atoms with Gasteiger partial charge in [-0.1, -0.05) is 181 Å². The first-order chi connectivity index (χ1) is 43.1. The van der Waals surface area contributed by atoms with Gasteiger partial charge in [0.15, 0.2) is 11.5 Å². The Morgan fingerprint density at radius 3 is 1.69 bits per heavy atom. The first-order valence-corrected chi connectivity index (χ1v) is 29.1. The number of carbonyl (C=O) groups excluding carboxylic acids is 2. The van der Waals surface area contributed by atoms with Crippen molar-refractivity contribution in [3.8, 4) is 33.8 Å². The van der Waals surface area contributed by atoms with Crippen molar-refractivity contribution >= 4 is 90.3 Å². The molecule has 12 nitrogen and oxygen atoms in total. The number of nitrogens with zero attached hydrogens (tertiary/aromatic N) is 5. The third-order valence-electron chi connectivity index (χ3n) is 15.4. The highest BCUT2D eigenvalue weighted by Gasteiger charge is 2.27. The van der Waals surface area contributed by atoms with Crippen LogP contribution in [-0.2, 0) is 24.3 Å². The Morgan fingerprint density at radius 2 is 1.06 bits per heavy atom. The smallest absolute Gasteiger partial charge is 0.259 e. The van der Waals surface area contributed by atoms with Gasteiger partial charge in [0.05, 0.1) is 22.0 Å². The molecule has 0 aromatic heterocycles. The average molecular weight is 1170 g/mol. The molecule has 430 valence electrons. The van der Waals surface area contributed by atoms with Crippen molar-refractivity contribution in [2.45, 2.75) is 26.4 Å². The first kappa shape index (κ1) is 57.4. The molecule has 0 spiro atoms. The molecule has 0 saturated carbocycles. The number of anilines is 5. The number of nitrogens with one attached hydrogen (secondary N) is 2. The lowest BCUT2D eigenvalue weighted by Gasteiger charge is -2.25. The summed E-state index contributed by atoms with van der Waals surface area (Å²) in [7, 11) is 1.53. The maximum Gasteiger partial charge on any atom is 0.259 e. The molecule has 0 atom stereocenters. The number of para-hydroxylation sites is 3. The highest BCUT2D eigenvalue weighted by atomic mass is 35.5. The number of phenolic OH excluding ortho intramolecular Hbond substituents is 2. The topological polar surface area (TPSA) is 161 Å². The van der Waals surface area contributed by atoms with Crippen LogP contribution in [0.4, 0.5) is 45.5 Å². The van der Waals surface area contributed by atoms with Crippen molar-refractivity contribution in [1.29, 1.82) is 0 Å². The lowest BCUT2D eigenvalue weighted by molar-refractivity contribution is 0.102. The molecule has 0 aliphatic heterocycles. The fourth-order valence-corrected chi connectivity index (χ4v) is 11.0. The SMILES string of the molecule is CN=Nc1c(O)c(C(=O)Nc2ccc(CCc3ccc(-c4ccc(N(c5ccccc5)c5ccccc5)cc4)cc3)cc2)cc2ccccc12.Cc1ccc2c(c1)C(=O)c1cc(N=Nc3c(O)c(CONc4ccccc4Cl)cc4ccccc34)ccc1-2. The van der Waals surface area contributed by atoms with Gasteiger partial charge in [0.2, 0.25) is 0 Å². The molecule has 88 heavy (non-hydrogen) atoms. The summed E-state index contributed by atoms with van der Waals surface area (Å²) in [4.78, 5) is 34.1.